The molecule has 0 unspecified atom stereocenters. The second-order valence-electron chi connectivity index (χ2n) is 2.52. The second-order valence-corrected chi connectivity index (χ2v) is 3.61. The van der Waals surface area contributed by atoms with Gasteiger partial charge in [-0.25, -0.2) is 0 Å². The standard InChI is InChI=1S/C9H11NOS/c1-3-4-7-6(2)5-8(12-7)9(10)11/h3-5H,1-2H3,(H2,10,11)/b4-3-. The molecule has 0 aromatic carbocycles. The number of carbonyl (C=O) groups is 1. The van der Waals surface area contributed by atoms with Crippen molar-refractivity contribution in [2.75, 3.05) is 0 Å². The van der Waals surface area contributed by atoms with Crippen molar-refractivity contribution >= 4 is 23.3 Å². The third-order valence-corrected chi connectivity index (χ3v) is 2.73. The molecule has 1 heterocycles. The molecule has 0 spiro atoms. The Morgan fingerprint density at radius 1 is 1.67 bits per heavy atom. The van der Waals surface area contributed by atoms with Crippen LogP contribution in [-0.2, 0) is 0 Å². The van der Waals surface area contributed by atoms with Gasteiger partial charge >= 0.3 is 0 Å². The zero-order valence-corrected chi connectivity index (χ0v) is 7.94. The summed E-state index contributed by atoms with van der Waals surface area (Å²) < 4.78 is 0. The fourth-order valence-electron chi connectivity index (χ4n) is 0.934. The van der Waals surface area contributed by atoms with Crippen LogP contribution in [0.3, 0.4) is 0 Å². The lowest BCUT2D eigenvalue weighted by molar-refractivity contribution is 0.100. The van der Waals surface area contributed by atoms with Crippen molar-refractivity contribution in [1.29, 1.82) is 0 Å². The highest BCUT2D eigenvalue weighted by molar-refractivity contribution is 7.15. The molecule has 1 aromatic rings. The van der Waals surface area contributed by atoms with Crippen LogP contribution >= 0.6 is 11.3 Å². The van der Waals surface area contributed by atoms with Crippen molar-refractivity contribution in [2.24, 2.45) is 5.73 Å². The number of primary amides is 1. The summed E-state index contributed by atoms with van der Waals surface area (Å²) in [5.74, 6) is -0.348. The number of aryl methyl sites for hydroxylation is 1. The minimum absolute atomic E-state index is 0.348. The molecule has 64 valence electrons. The summed E-state index contributed by atoms with van der Waals surface area (Å²) in [6.45, 7) is 3.92. The summed E-state index contributed by atoms with van der Waals surface area (Å²) in [5, 5.41) is 0. The van der Waals surface area contributed by atoms with Crippen LogP contribution in [0.5, 0.6) is 0 Å². The molecule has 0 saturated carbocycles. The summed E-state index contributed by atoms with van der Waals surface area (Å²) in [5.41, 5.74) is 6.24. The van der Waals surface area contributed by atoms with Gasteiger partial charge in [-0.05, 0) is 31.6 Å². The number of rotatable bonds is 2. The molecule has 0 saturated heterocycles. The van der Waals surface area contributed by atoms with E-state index in [-0.39, 0.29) is 5.91 Å². The predicted octanol–water partition coefficient (Wildman–Crippen LogP) is 2.19. The fraction of sp³-hybridized carbons (Fsp3) is 0.222. The number of amides is 1. The van der Waals surface area contributed by atoms with Gasteiger partial charge in [-0.1, -0.05) is 6.08 Å². The van der Waals surface area contributed by atoms with Gasteiger partial charge in [0.15, 0.2) is 0 Å². The summed E-state index contributed by atoms with van der Waals surface area (Å²) in [4.78, 5) is 12.5. The smallest absolute Gasteiger partial charge is 0.258 e. The highest BCUT2D eigenvalue weighted by Crippen LogP contribution is 2.22. The Hall–Kier alpha value is -1.09. The molecule has 0 aliphatic carbocycles. The first kappa shape index (κ1) is 9.00. The normalized spacial score (nSPS) is 10.8. The van der Waals surface area contributed by atoms with E-state index in [4.69, 9.17) is 5.73 Å². The number of thiophene rings is 1. The second kappa shape index (κ2) is 3.54. The topological polar surface area (TPSA) is 43.1 Å². The van der Waals surface area contributed by atoms with Crippen molar-refractivity contribution in [3.05, 3.63) is 27.5 Å². The third kappa shape index (κ3) is 1.74. The Morgan fingerprint density at radius 3 is 2.75 bits per heavy atom. The van der Waals surface area contributed by atoms with Crippen molar-refractivity contribution < 1.29 is 4.79 Å². The fourth-order valence-corrected chi connectivity index (χ4v) is 1.93. The van der Waals surface area contributed by atoms with Gasteiger partial charge in [0.05, 0.1) is 4.88 Å². The van der Waals surface area contributed by atoms with Gasteiger partial charge in [0.25, 0.3) is 5.91 Å². The van der Waals surface area contributed by atoms with Gasteiger partial charge in [0, 0.05) is 4.88 Å². The van der Waals surface area contributed by atoms with E-state index in [9.17, 15) is 4.79 Å². The number of nitrogens with two attached hydrogens (primary N) is 1. The maximum absolute atomic E-state index is 10.8. The summed E-state index contributed by atoms with van der Waals surface area (Å²) in [7, 11) is 0. The van der Waals surface area contributed by atoms with Crippen LogP contribution in [0.1, 0.15) is 27.0 Å². The third-order valence-electron chi connectivity index (χ3n) is 1.52. The average Bonchev–Trinajstić information content (AvgIpc) is 2.34. The van der Waals surface area contributed by atoms with E-state index in [0.29, 0.717) is 4.88 Å². The van der Waals surface area contributed by atoms with Crippen molar-refractivity contribution in [3.63, 3.8) is 0 Å². The lowest BCUT2D eigenvalue weighted by Crippen LogP contribution is -2.08. The van der Waals surface area contributed by atoms with Crippen LogP contribution in [0.25, 0.3) is 6.08 Å². The number of carbonyl (C=O) groups excluding carboxylic acids is 1. The predicted molar refractivity (Wildman–Crippen MR) is 52.3 cm³/mol. The maximum atomic E-state index is 10.8. The monoisotopic (exact) mass is 181 g/mol. The number of hydrogen-bond donors (Lipinski definition) is 1. The largest absolute Gasteiger partial charge is 0.365 e. The van der Waals surface area contributed by atoms with E-state index in [1.807, 2.05) is 32.1 Å². The summed E-state index contributed by atoms with van der Waals surface area (Å²) in [6.07, 6.45) is 3.93. The van der Waals surface area contributed by atoms with E-state index in [1.54, 1.807) is 0 Å². The Kier molecular flexibility index (Phi) is 2.65. The highest BCUT2D eigenvalue weighted by Gasteiger charge is 2.06. The van der Waals surface area contributed by atoms with Gasteiger partial charge in [-0.2, -0.15) is 0 Å². The van der Waals surface area contributed by atoms with E-state index in [2.05, 4.69) is 0 Å². The quantitative estimate of drug-likeness (QED) is 0.746. The lowest BCUT2D eigenvalue weighted by Gasteiger charge is -1.85. The molecule has 1 rings (SSSR count). The minimum atomic E-state index is -0.348. The van der Waals surface area contributed by atoms with Crippen molar-refractivity contribution in [3.8, 4) is 0 Å². The van der Waals surface area contributed by atoms with Crippen LogP contribution in [0.2, 0.25) is 0 Å². The SMILES string of the molecule is C/C=C\c1sc(C(N)=O)cc1C. The molecular weight excluding hydrogens is 170 g/mol. The Labute approximate surface area is 75.7 Å². The molecule has 1 aromatic heterocycles. The lowest BCUT2D eigenvalue weighted by atomic mass is 10.2. The molecule has 2 N–H and O–H groups in total. The first-order valence-electron chi connectivity index (χ1n) is 3.68. The molecule has 0 radical (unpaired) electrons. The van der Waals surface area contributed by atoms with Crippen LogP contribution in [0.4, 0.5) is 0 Å². The zero-order chi connectivity index (χ0) is 9.14. The molecule has 0 fully saturated rings. The van der Waals surface area contributed by atoms with Crippen molar-refractivity contribution in [1.82, 2.24) is 0 Å². The van der Waals surface area contributed by atoms with E-state index >= 15 is 0 Å². The van der Waals surface area contributed by atoms with Crippen molar-refractivity contribution in [2.45, 2.75) is 13.8 Å². The minimum Gasteiger partial charge on any atom is -0.365 e. The molecule has 12 heavy (non-hydrogen) atoms. The number of allylic oxidation sites excluding steroid dienone is 1. The molecular formula is C9H11NOS. The molecule has 1 amide bonds. The van der Waals surface area contributed by atoms with E-state index < -0.39 is 0 Å². The molecule has 2 nitrogen and oxygen atoms in total. The summed E-state index contributed by atoms with van der Waals surface area (Å²) in [6, 6.07) is 1.82. The Balaban J connectivity index is 3.08. The van der Waals surface area contributed by atoms with Crippen LogP contribution in [0, 0.1) is 6.92 Å². The maximum Gasteiger partial charge on any atom is 0.258 e. The summed E-state index contributed by atoms with van der Waals surface area (Å²) >= 11 is 1.43. The molecule has 0 atom stereocenters. The van der Waals surface area contributed by atoms with E-state index in [1.165, 1.54) is 11.3 Å². The van der Waals surface area contributed by atoms with Crippen LogP contribution < -0.4 is 5.73 Å². The van der Waals surface area contributed by atoms with E-state index in [0.717, 1.165) is 10.4 Å². The number of hydrogen-bond acceptors (Lipinski definition) is 2. The molecule has 3 heteroatoms. The molecule has 0 aliphatic heterocycles. The van der Waals surface area contributed by atoms with Gasteiger partial charge in [-0.3, -0.25) is 4.79 Å². The van der Waals surface area contributed by atoms with Gasteiger partial charge < -0.3 is 5.73 Å². The Bertz CT molecular complexity index is 325. The van der Waals surface area contributed by atoms with Gasteiger partial charge in [0.2, 0.25) is 0 Å². The first-order chi connectivity index (χ1) is 5.65. The zero-order valence-electron chi connectivity index (χ0n) is 7.13. The molecule has 0 aliphatic rings. The van der Waals surface area contributed by atoms with Gasteiger partial charge in [0.1, 0.15) is 0 Å². The van der Waals surface area contributed by atoms with Gasteiger partial charge in [-0.15, -0.1) is 11.3 Å². The Morgan fingerprint density at radius 2 is 2.33 bits per heavy atom. The highest BCUT2D eigenvalue weighted by atomic mass is 32.1. The average molecular weight is 181 g/mol. The van der Waals surface area contributed by atoms with Crippen LogP contribution in [-0.4, -0.2) is 5.91 Å². The first-order valence-corrected chi connectivity index (χ1v) is 4.49. The molecule has 0 bridgehead atoms. The van der Waals surface area contributed by atoms with Crippen LogP contribution in [0.15, 0.2) is 12.1 Å².